The van der Waals surface area contributed by atoms with Gasteiger partial charge in [-0.25, -0.2) is 4.98 Å². The molecule has 0 aliphatic carbocycles. The van der Waals surface area contributed by atoms with E-state index >= 15 is 0 Å². The summed E-state index contributed by atoms with van der Waals surface area (Å²) >= 11 is 0. The molecule has 64 valence electrons. The van der Waals surface area contributed by atoms with Crippen molar-refractivity contribution in [3.8, 4) is 0 Å². The lowest BCUT2D eigenvalue weighted by molar-refractivity contribution is 0.715. The Bertz CT molecular complexity index is 270. The summed E-state index contributed by atoms with van der Waals surface area (Å²) in [6.45, 7) is 3.61. The molecule has 0 amide bonds. The Labute approximate surface area is 72.1 Å². The summed E-state index contributed by atoms with van der Waals surface area (Å²) in [5.74, 6) is 0.506. The molecule has 0 aromatic carbocycles. The van der Waals surface area contributed by atoms with Gasteiger partial charge in [0.1, 0.15) is 5.82 Å². The zero-order valence-corrected chi connectivity index (χ0v) is 6.90. The second-order valence-electron chi connectivity index (χ2n) is 2.62. The highest BCUT2D eigenvalue weighted by atomic mass is 14.9. The largest absolute Gasteiger partial charge is 0.384 e. The SMILES string of the molecule is C=CCC(N)c1cccc(N)n1. The lowest BCUT2D eigenvalue weighted by Gasteiger charge is -2.07. The summed E-state index contributed by atoms with van der Waals surface area (Å²) < 4.78 is 0. The first-order valence-corrected chi connectivity index (χ1v) is 3.83. The number of hydrogen-bond acceptors (Lipinski definition) is 3. The van der Waals surface area contributed by atoms with Crippen LogP contribution in [0.3, 0.4) is 0 Å². The number of aromatic nitrogens is 1. The molecule has 0 bridgehead atoms. The second-order valence-corrected chi connectivity index (χ2v) is 2.62. The van der Waals surface area contributed by atoms with E-state index in [-0.39, 0.29) is 6.04 Å². The number of nitrogen functional groups attached to an aromatic ring is 1. The fourth-order valence-electron chi connectivity index (χ4n) is 0.976. The van der Waals surface area contributed by atoms with Gasteiger partial charge in [0.25, 0.3) is 0 Å². The van der Waals surface area contributed by atoms with Crippen LogP contribution in [-0.4, -0.2) is 4.98 Å². The normalized spacial score (nSPS) is 12.4. The number of anilines is 1. The van der Waals surface area contributed by atoms with Crippen molar-refractivity contribution in [2.75, 3.05) is 5.73 Å². The van der Waals surface area contributed by atoms with Gasteiger partial charge in [-0.2, -0.15) is 0 Å². The van der Waals surface area contributed by atoms with Crippen LogP contribution in [0.2, 0.25) is 0 Å². The summed E-state index contributed by atoms with van der Waals surface area (Å²) in [5.41, 5.74) is 12.1. The maximum atomic E-state index is 5.79. The lowest BCUT2D eigenvalue weighted by atomic mass is 10.1. The Morgan fingerprint density at radius 1 is 1.58 bits per heavy atom. The topological polar surface area (TPSA) is 64.9 Å². The third-order valence-corrected chi connectivity index (χ3v) is 1.59. The Morgan fingerprint density at radius 3 is 2.92 bits per heavy atom. The van der Waals surface area contributed by atoms with E-state index in [1.54, 1.807) is 12.1 Å². The number of pyridine rings is 1. The van der Waals surface area contributed by atoms with E-state index in [4.69, 9.17) is 11.5 Å². The fraction of sp³-hybridized carbons (Fsp3) is 0.222. The molecule has 0 fully saturated rings. The smallest absolute Gasteiger partial charge is 0.123 e. The summed E-state index contributed by atoms with van der Waals surface area (Å²) in [5, 5.41) is 0. The molecule has 0 saturated heterocycles. The lowest BCUT2D eigenvalue weighted by Crippen LogP contribution is -2.11. The second kappa shape index (κ2) is 3.88. The predicted octanol–water partition coefficient (Wildman–Crippen LogP) is 1.24. The molecule has 1 unspecified atom stereocenters. The summed E-state index contributed by atoms with van der Waals surface area (Å²) in [7, 11) is 0. The van der Waals surface area contributed by atoms with Crippen molar-refractivity contribution < 1.29 is 0 Å². The first-order chi connectivity index (χ1) is 5.74. The van der Waals surface area contributed by atoms with Crippen LogP contribution in [0.4, 0.5) is 5.82 Å². The molecule has 0 aliphatic rings. The highest BCUT2D eigenvalue weighted by molar-refractivity contribution is 5.29. The molecule has 1 heterocycles. The number of nitrogens with two attached hydrogens (primary N) is 2. The molecule has 0 saturated carbocycles. The van der Waals surface area contributed by atoms with Gasteiger partial charge in [0, 0.05) is 0 Å². The Balaban J connectivity index is 2.80. The van der Waals surface area contributed by atoms with Gasteiger partial charge in [-0.05, 0) is 18.6 Å². The molecular weight excluding hydrogens is 150 g/mol. The predicted molar refractivity (Wildman–Crippen MR) is 50.4 cm³/mol. The Kier molecular flexibility index (Phi) is 2.82. The van der Waals surface area contributed by atoms with Gasteiger partial charge in [0.15, 0.2) is 0 Å². The molecule has 0 radical (unpaired) electrons. The van der Waals surface area contributed by atoms with E-state index in [1.165, 1.54) is 0 Å². The van der Waals surface area contributed by atoms with Gasteiger partial charge in [-0.1, -0.05) is 12.1 Å². The van der Waals surface area contributed by atoms with Crippen molar-refractivity contribution in [2.45, 2.75) is 12.5 Å². The summed E-state index contributed by atoms with van der Waals surface area (Å²) in [4.78, 5) is 4.10. The van der Waals surface area contributed by atoms with Crippen LogP contribution in [0.15, 0.2) is 30.9 Å². The number of rotatable bonds is 3. The molecule has 4 N–H and O–H groups in total. The average molecular weight is 163 g/mol. The van der Waals surface area contributed by atoms with Crippen LogP contribution in [0, 0.1) is 0 Å². The first kappa shape index (κ1) is 8.74. The zero-order valence-electron chi connectivity index (χ0n) is 6.90. The quantitative estimate of drug-likeness (QED) is 0.659. The minimum absolute atomic E-state index is 0.0917. The molecule has 1 atom stereocenters. The highest BCUT2D eigenvalue weighted by Crippen LogP contribution is 2.12. The van der Waals surface area contributed by atoms with Crippen molar-refractivity contribution in [2.24, 2.45) is 5.73 Å². The van der Waals surface area contributed by atoms with Crippen LogP contribution < -0.4 is 11.5 Å². The maximum Gasteiger partial charge on any atom is 0.123 e. The van der Waals surface area contributed by atoms with E-state index in [0.29, 0.717) is 5.82 Å². The minimum atomic E-state index is -0.0917. The highest BCUT2D eigenvalue weighted by Gasteiger charge is 2.04. The monoisotopic (exact) mass is 163 g/mol. The average Bonchev–Trinajstić information content (AvgIpc) is 2.05. The Hall–Kier alpha value is -1.35. The molecule has 0 aliphatic heterocycles. The van der Waals surface area contributed by atoms with Crippen LogP contribution in [0.1, 0.15) is 18.2 Å². The fourth-order valence-corrected chi connectivity index (χ4v) is 0.976. The van der Waals surface area contributed by atoms with Crippen molar-refractivity contribution >= 4 is 5.82 Å². The van der Waals surface area contributed by atoms with Gasteiger partial charge in [-0.15, -0.1) is 6.58 Å². The standard InChI is InChI=1S/C9H13N3/c1-2-4-7(10)8-5-3-6-9(11)12-8/h2-3,5-7H,1,4,10H2,(H2,11,12). The molecule has 3 nitrogen and oxygen atoms in total. The molecular formula is C9H13N3. The number of hydrogen-bond donors (Lipinski definition) is 2. The minimum Gasteiger partial charge on any atom is -0.384 e. The zero-order chi connectivity index (χ0) is 8.97. The van der Waals surface area contributed by atoms with Crippen molar-refractivity contribution in [1.82, 2.24) is 4.98 Å². The van der Waals surface area contributed by atoms with E-state index in [0.717, 1.165) is 12.1 Å². The van der Waals surface area contributed by atoms with Gasteiger partial charge in [0.2, 0.25) is 0 Å². The van der Waals surface area contributed by atoms with E-state index in [2.05, 4.69) is 11.6 Å². The molecule has 12 heavy (non-hydrogen) atoms. The molecule has 1 aromatic heterocycles. The third-order valence-electron chi connectivity index (χ3n) is 1.59. The van der Waals surface area contributed by atoms with Crippen LogP contribution >= 0.6 is 0 Å². The van der Waals surface area contributed by atoms with E-state index in [1.807, 2.05) is 12.1 Å². The van der Waals surface area contributed by atoms with Gasteiger partial charge in [0.05, 0.1) is 11.7 Å². The summed E-state index contributed by atoms with van der Waals surface area (Å²) in [6.07, 6.45) is 2.49. The van der Waals surface area contributed by atoms with E-state index in [9.17, 15) is 0 Å². The van der Waals surface area contributed by atoms with Gasteiger partial charge in [-0.3, -0.25) is 0 Å². The van der Waals surface area contributed by atoms with Crippen LogP contribution in [-0.2, 0) is 0 Å². The third kappa shape index (κ3) is 2.07. The van der Waals surface area contributed by atoms with Gasteiger partial charge < -0.3 is 11.5 Å². The van der Waals surface area contributed by atoms with Crippen molar-refractivity contribution in [3.63, 3.8) is 0 Å². The Morgan fingerprint density at radius 2 is 2.33 bits per heavy atom. The molecule has 1 aromatic rings. The molecule has 1 rings (SSSR count). The van der Waals surface area contributed by atoms with Gasteiger partial charge >= 0.3 is 0 Å². The summed E-state index contributed by atoms with van der Waals surface area (Å²) in [6, 6.07) is 5.36. The maximum absolute atomic E-state index is 5.79. The first-order valence-electron chi connectivity index (χ1n) is 3.83. The van der Waals surface area contributed by atoms with Crippen molar-refractivity contribution in [3.05, 3.63) is 36.5 Å². The van der Waals surface area contributed by atoms with E-state index < -0.39 is 0 Å². The number of nitrogens with zero attached hydrogens (tertiary/aromatic N) is 1. The van der Waals surface area contributed by atoms with Crippen LogP contribution in [0.5, 0.6) is 0 Å². The molecule has 3 heteroatoms. The van der Waals surface area contributed by atoms with Crippen LogP contribution in [0.25, 0.3) is 0 Å². The van der Waals surface area contributed by atoms with Crippen molar-refractivity contribution in [1.29, 1.82) is 0 Å². The molecule has 0 spiro atoms.